The van der Waals surface area contributed by atoms with Gasteiger partial charge in [0.15, 0.2) is 0 Å². The van der Waals surface area contributed by atoms with E-state index in [-0.39, 0.29) is 5.82 Å². The number of nitrogens with two attached hydrogens (primary N) is 1. The zero-order chi connectivity index (χ0) is 11.4. The van der Waals surface area contributed by atoms with Crippen molar-refractivity contribution in [3.8, 4) is 0 Å². The first-order chi connectivity index (χ1) is 7.04. The highest BCUT2D eigenvalue weighted by molar-refractivity contribution is 7.99. The molecule has 1 aromatic rings. The molecule has 1 aromatic carbocycles. The van der Waals surface area contributed by atoms with Crippen molar-refractivity contribution in [3.05, 3.63) is 23.5 Å². The third-order valence-corrected chi connectivity index (χ3v) is 3.91. The van der Waals surface area contributed by atoms with Crippen LogP contribution in [0.15, 0.2) is 17.0 Å². The minimum Gasteiger partial charge on any atom is -0.398 e. The molecule has 0 amide bonds. The zero-order valence-electron chi connectivity index (χ0n) is 9.51. The Labute approximate surface area is 95.2 Å². The van der Waals surface area contributed by atoms with Gasteiger partial charge >= 0.3 is 0 Å². The van der Waals surface area contributed by atoms with Gasteiger partial charge < -0.3 is 5.73 Å². The van der Waals surface area contributed by atoms with Gasteiger partial charge in [-0.05, 0) is 30.5 Å². The third kappa shape index (κ3) is 3.42. The van der Waals surface area contributed by atoms with Crippen LogP contribution in [0.3, 0.4) is 0 Å². The second-order valence-corrected chi connectivity index (χ2v) is 5.03. The van der Waals surface area contributed by atoms with Crippen LogP contribution in [0.25, 0.3) is 0 Å². The summed E-state index contributed by atoms with van der Waals surface area (Å²) in [5, 5.41) is 0. The SMILES string of the molecule is CCC(C)CSc1cc(C)c(F)cc1N. The molecule has 1 rings (SSSR count). The fourth-order valence-electron chi connectivity index (χ4n) is 1.15. The maximum Gasteiger partial charge on any atom is 0.128 e. The van der Waals surface area contributed by atoms with Crippen LogP contribution in [0.4, 0.5) is 10.1 Å². The standard InChI is InChI=1S/C12H18FNS/c1-4-8(2)7-15-12-5-9(3)10(13)6-11(12)14/h5-6,8H,4,7,14H2,1-3H3. The average molecular weight is 227 g/mol. The van der Waals surface area contributed by atoms with Crippen molar-refractivity contribution in [1.29, 1.82) is 0 Å². The molecule has 2 N–H and O–H groups in total. The fraction of sp³-hybridized carbons (Fsp3) is 0.500. The lowest BCUT2D eigenvalue weighted by molar-refractivity contribution is 0.617. The van der Waals surface area contributed by atoms with Crippen LogP contribution in [0.5, 0.6) is 0 Å². The lowest BCUT2D eigenvalue weighted by Crippen LogP contribution is -1.98. The first-order valence-corrected chi connectivity index (χ1v) is 6.21. The van der Waals surface area contributed by atoms with Crippen LogP contribution in [0.2, 0.25) is 0 Å². The van der Waals surface area contributed by atoms with Gasteiger partial charge in [-0.2, -0.15) is 0 Å². The summed E-state index contributed by atoms with van der Waals surface area (Å²) in [6, 6.07) is 3.24. The Morgan fingerprint density at radius 1 is 1.47 bits per heavy atom. The predicted molar refractivity (Wildman–Crippen MR) is 65.7 cm³/mol. The van der Waals surface area contributed by atoms with Crippen molar-refractivity contribution in [1.82, 2.24) is 0 Å². The Morgan fingerprint density at radius 3 is 2.73 bits per heavy atom. The number of rotatable bonds is 4. The molecule has 0 aliphatic rings. The molecule has 1 atom stereocenters. The van der Waals surface area contributed by atoms with Gasteiger partial charge in [0, 0.05) is 16.3 Å². The molecule has 15 heavy (non-hydrogen) atoms. The van der Waals surface area contributed by atoms with Crippen molar-refractivity contribution >= 4 is 17.4 Å². The second kappa shape index (κ2) is 5.40. The van der Waals surface area contributed by atoms with Crippen LogP contribution >= 0.6 is 11.8 Å². The molecule has 0 fully saturated rings. The third-order valence-electron chi connectivity index (χ3n) is 2.51. The quantitative estimate of drug-likeness (QED) is 0.624. The molecule has 84 valence electrons. The van der Waals surface area contributed by atoms with Gasteiger partial charge in [0.1, 0.15) is 5.82 Å². The molecule has 1 unspecified atom stereocenters. The summed E-state index contributed by atoms with van der Waals surface area (Å²) in [4.78, 5) is 0.995. The zero-order valence-corrected chi connectivity index (χ0v) is 10.3. The van der Waals surface area contributed by atoms with Gasteiger partial charge in [-0.3, -0.25) is 0 Å². The average Bonchev–Trinajstić information content (AvgIpc) is 2.21. The summed E-state index contributed by atoms with van der Waals surface area (Å²) >= 11 is 1.71. The number of hydrogen-bond donors (Lipinski definition) is 1. The minimum atomic E-state index is -0.222. The van der Waals surface area contributed by atoms with Gasteiger partial charge in [0.05, 0.1) is 0 Å². The van der Waals surface area contributed by atoms with Crippen LogP contribution in [-0.2, 0) is 0 Å². The Hall–Kier alpha value is -0.700. The van der Waals surface area contributed by atoms with Gasteiger partial charge in [0.25, 0.3) is 0 Å². The maximum absolute atomic E-state index is 13.1. The number of nitrogen functional groups attached to an aromatic ring is 1. The van der Waals surface area contributed by atoms with Gasteiger partial charge in [0.2, 0.25) is 0 Å². The Kier molecular flexibility index (Phi) is 4.45. The highest BCUT2D eigenvalue weighted by Crippen LogP contribution is 2.29. The van der Waals surface area contributed by atoms with Crippen molar-refractivity contribution in [3.63, 3.8) is 0 Å². The fourth-order valence-corrected chi connectivity index (χ4v) is 2.33. The van der Waals surface area contributed by atoms with Crippen LogP contribution in [0, 0.1) is 18.7 Å². The topological polar surface area (TPSA) is 26.0 Å². The summed E-state index contributed by atoms with van der Waals surface area (Å²) in [6.07, 6.45) is 1.16. The van der Waals surface area contributed by atoms with Crippen molar-refractivity contribution < 1.29 is 4.39 Å². The summed E-state index contributed by atoms with van der Waals surface area (Å²) < 4.78 is 13.1. The monoisotopic (exact) mass is 227 g/mol. The maximum atomic E-state index is 13.1. The molecule has 0 aliphatic carbocycles. The lowest BCUT2D eigenvalue weighted by Gasteiger charge is -2.10. The smallest absolute Gasteiger partial charge is 0.128 e. The summed E-state index contributed by atoms with van der Waals surface area (Å²) in [6.45, 7) is 6.14. The first-order valence-electron chi connectivity index (χ1n) is 5.23. The second-order valence-electron chi connectivity index (χ2n) is 3.96. The Bertz CT molecular complexity index is 339. The lowest BCUT2D eigenvalue weighted by atomic mass is 10.2. The van der Waals surface area contributed by atoms with E-state index in [1.807, 2.05) is 6.07 Å². The van der Waals surface area contributed by atoms with Crippen molar-refractivity contribution in [2.24, 2.45) is 5.92 Å². The molecule has 0 heterocycles. The van der Waals surface area contributed by atoms with Crippen molar-refractivity contribution in [2.75, 3.05) is 11.5 Å². The molecule has 3 heteroatoms. The normalized spacial score (nSPS) is 12.8. The number of halogens is 1. The van der Waals surface area contributed by atoms with Gasteiger partial charge in [-0.15, -0.1) is 11.8 Å². The molecule has 1 nitrogen and oxygen atoms in total. The first kappa shape index (κ1) is 12.4. The number of anilines is 1. The number of thioether (sulfide) groups is 1. The minimum absolute atomic E-state index is 0.222. The van der Waals surface area contributed by atoms with E-state index in [1.165, 1.54) is 6.07 Å². The highest BCUT2D eigenvalue weighted by atomic mass is 32.2. The molecule has 0 bridgehead atoms. The van der Waals surface area contributed by atoms with E-state index in [1.54, 1.807) is 18.7 Å². The Balaban J connectivity index is 2.73. The molecular weight excluding hydrogens is 209 g/mol. The van der Waals surface area contributed by atoms with E-state index in [0.29, 0.717) is 17.2 Å². The van der Waals surface area contributed by atoms with E-state index in [9.17, 15) is 4.39 Å². The van der Waals surface area contributed by atoms with Crippen LogP contribution in [-0.4, -0.2) is 5.75 Å². The number of hydrogen-bond acceptors (Lipinski definition) is 2. The molecule has 0 aliphatic heterocycles. The van der Waals surface area contributed by atoms with E-state index in [4.69, 9.17) is 5.73 Å². The highest BCUT2D eigenvalue weighted by Gasteiger charge is 2.07. The van der Waals surface area contributed by atoms with Crippen LogP contribution < -0.4 is 5.73 Å². The van der Waals surface area contributed by atoms with Crippen LogP contribution in [0.1, 0.15) is 25.8 Å². The predicted octanol–water partition coefficient (Wildman–Crippen LogP) is 3.85. The van der Waals surface area contributed by atoms with E-state index < -0.39 is 0 Å². The summed E-state index contributed by atoms with van der Waals surface area (Å²) in [5.41, 5.74) is 6.97. The number of benzene rings is 1. The van der Waals surface area contributed by atoms with Gasteiger partial charge in [-0.1, -0.05) is 20.3 Å². The summed E-state index contributed by atoms with van der Waals surface area (Å²) in [5.74, 6) is 1.48. The van der Waals surface area contributed by atoms with E-state index in [2.05, 4.69) is 13.8 Å². The molecular formula is C12H18FNS. The van der Waals surface area contributed by atoms with E-state index in [0.717, 1.165) is 17.1 Å². The molecule has 0 saturated heterocycles. The molecule has 0 radical (unpaired) electrons. The van der Waals surface area contributed by atoms with E-state index >= 15 is 0 Å². The Morgan fingerprint density at radius 2 is 2.13 bits per heavy atom. The molecule has 0 aromatic heterocycles. The number of aryl methyl sites for hydroxylation is 1. The summed E-state index contributed by atoms with van der Waals surface area (Å²) in [7, 11) is 0. The largest absolute Gasteiger partial charge is 0.398 e. The molecule has 0 saturated carbocycles. The van der Waals surface area contributed by atoms with Gasteiger partial charge in [-0.25, -0.2) is 4.39 Å². The van der Waals surface area contributed by atoms with Crippen molar-refractivity contribution in [2.45, 2.75) is 32.1 Å². The molecule has 0 spiro atoms.